The normalized spacial score (nSPS) is 32.8. The maximum absolute atomic E-state index is 13.6. The Morgan fingerprint density at radius 3 is 2.61 bits per heavy atom. The lowest BCUT2D eigenvalue weighted by molar-refractivity contribution is -0.164. The lowest BCUT2D eigenvalue weighted by Gasteiger charge is -2.53. The van der Waals surface area contributed by atoms with Gasteiger partial charge in [-0.05, 0) is 112 Å². The van der Waals surface area contributed by atoms with Gasteiger partial charge >= 0.3 is 0 Å². The topological polar surface area (TPSA) is 118 Å². The van der Waals surface area contributed by atoms with E-state index in [2.05, 4.69) is 26.7 Å². The summed E-state index contributed by atoms with van der Waals surface area (Å²) in [4.78, 5) is 33.3. The van der Waals surface area contributed by atoms with E-state index in [9.17, 15) is 18.0 Å². The number of sulfonamides is 1. The second-order valence-electron chi connectivity index (χ2n) is 16.1. The fraction of sp³-hybridized carbons (Fsp3) is 0.610. The lowest BCUT2D eigenvalue weighted by Crippen LogP contribution is -2.65. The third-order valence-corrected chi connectivity index (χ3v) is 14.9. The molecule has 0 aromatic heterocycles. The summed E-state index contributed by atoms with van der Waals surface area (Å²) in [5, 5.41) is -0.117. The summed E-state index contributed by atoms with van der Waals surface area (Å²) < 4.78 is 48.6. The molecule has 1 saturated carbocycles. The Kier molecular flexibility index (Phi) is 11.7. The van der Waals surface area contributed by atoms with Crippen LogP contribution in [0.2, 0.25) is 5.02 Å². The van der Waals surface area contributed by atoms with E-state index in [0.717, 1.165) is 63.0 Å². The van der Waals surface area contributed by atoms with Crippen LogP contribution in [-0.2, 0) is 37.3 Å². The van der Waals surface area contributed by atoms with Crippen LogP contribution in [0.5, 0.6) is 5.75 Å². The number of carbonyl (C=O) groups is 2. The summed E-state index contributed by atoms with van der Waals surface area (Å²) in [6.07, 6.45) is 9.11. The second-order valence-corrected chi connectivity index (χ2v) is 18.6. The van der Waals surface area contributed by atoms with Gasteiger partial charge in [0.15, 0.2) is 0 Å². The van der Waals surface area contributed by atoms with Gasteiger partial charge in [0, 0.05) is 57.0 Å². The molecule has 2 aromatic rings. The maximum atomic E-state index is 13.6. The van der Waals surface area contributed by atoms with Crippen molar-refractivity contribution < 1.29 is 32.2 Å². The Morgan fingerprint density at radius 1 is 1.00 bits per heavy atom. The number of aryl methyl sites for hydroxylation is 1. The smallest absolute Gasteiger partial charge is 0.264 e. The van der Waals surface area contributed by atoms with Crippen molar-refractivity contribution in [3.8, 4) is 5.75 Å². The number of hydrogen-bond donors (Lipinski definition) is 1. The van der Waals surface area contributed by atoms with Gasteiger partial charge in [0.1, 0.15) is 24.1 Å². The van der Waals surface area contributed by atoms with Crippen LogP contribution in [-0.4, -0.2) is 106 Å². The van der Waals surface area contributed by atoms with Gasteiger partial charge in [-0.3, -0.25) is 14.5 Å². The van der Waals surface area contributed by atoms with Gasteiger partial charge in [0.2, 0.25) is 10.0 Å². The first-order valence-electron chi connectivity index (χ1n) is 19.6. The number of nitrogens with one attached hydrogen (secondary N) is 1. The number of hydrogen-bond acceptors (Lipinski definition) is 9. The number of halogens is 1. The zero-order valence-corrected chi connectivity index (χ0v) is 33.5. The molecule has 2 bridgehead atoms. The minimum Gasteiger partial charge on any atom is -0.487 e. The maximum Gasteiger partial charge on any atom is 0.264 e. The summed E-state index contributed by atoms with van der Waals surface area (Å²) >= 11 is 6.40. The Labute approximate surface area is 325 Å². The summed E-state index contributed by atoms with van der Waals surface area (Å²) in [7, 11) is -2.20. The van der Waals surface area contributed by atoms with Crippen molar-refractivity contribution in [3.63, 3.8) is 0 Å². The third kappa shape index (κ3) is 8.05. The van der Waals surface area contributed by atoms with Crippen LogP contribution in [0.3, 0.4) is 0 Å². The van der Waals surface area contributed by atoms with Crippen LogP contribution < -0.4 is 14.4 Å². The number of allylic oxidation sites excluding steroid dienone is 1. The van der Waals surface area contributed by atoms with Gasteiger partial charge in [-0.1, -0.05) is 36.7 Å². The number of carbonyl (C=O) groups excluding carboxylic acids is 2. The molecule has 0 unspecified atom stereocenters. The van der Waals surface area contributed by atoms with E-state index in [-0.39, 0.29) is 35.3 Å². The molecule has 7 atom stereocenters. The van der Waals surface area contributed by atoms with Gasteiger partial charge in [-0.25, -0.2) is 13.1 Å². The molecule has 1 N–H and O–H groups in total. The Bertz CT molecular complexity index is 1860. The van der Waals surface area contributed by atoms with Crippen LogP contribution >= 0.6 is 11.6 Å². The SMILES string of the molecule is CO[C@]1(CN2CCN3C(=O)[C@H](C)OC[C@@H]3C2)/C=C/C[C@H](C)[C@@H](C)S(=O)(=O)NC(=O)c2ccc3c(c2)N(CCCCc2cc(Cl)ccc2CO3)C[C@@H]2CC[C@H]21. The average molecular weight is 783 g/mol. The summed E-state index contributed by atoms with van der Waals surface area (Å²) in [5.41, 5.74) is 2.65. The minimum atomic E-state index is -3.99. The lowest BCUT2D eigenvalue weighted by atomic mass is 9.63. The van der Waals surface area contributed by atoms with Crippen molar-refractivity contribution in [1.29, 1.82) is 0 Å². The molecule has 0 spiro atoms. The van der Waals surface area contributed by atoms with Gasteiger partial charge in [-0.2, -0.15) is 0 Å². The van der Waals surface area contributed by atoms with Gasteiger partial charge < -0.3 is 24.0 Å². The van der Waals surface area contributed by atoms with E-state index < -0.39 is 32.9 Å². The Morgan fingerprint density at radius 2 is 1.83 bits per heavy atom. The van der Waals surface area contributed by atoms with E-state index in [0.29, 0.717) is 50.0 Å². The number of fused-ring (bicyclic) bond motifs is 4. The fourth-order valence-corrected chi connectivity index (χ4v) is 10.5. The number of morpholine rings is 1. The van der Waals surface area contributed by atoms with E-state index in [1.807, 2.05) is 36.9 Å². The van der Waals surface area contributed by atoms with Crippen molar-refractivity contribution in [1.82, 2.24) is 14.5 Å². The zero-order chi connectivity index (χ0) is 38.2. The third-order valence-electron chi connectivity index (χ3n) is 12.8. The Balaban J connectivity index is 1.24. The number of ether oxygens (including phenoxy) is 3. The molecule has 54 heavy (non-hydrogen) atoms. The predicted octanol–water partition coefficient (Wildman–Crippen LogP) is 5.45. The molecule has 11 nitrogen and oxygen atoms in total. The van der Waals surface area contributed by atoms with Crippen LogP contribution in [0.25, 0.3) is 0 Å². The first-order chi connectivity index (χ1) is 25.9. The number of benzene rings is 2. The van der Waals surface area contributed by atoms with Crippen LogP contribution in [0.15, 0.2) is 48.6 Å². The molecule has 294 valence electrons. The molecule has 4 aliphatic heterocycles. The molecule has 2 saturated heterocycles. The largest absolute Gasteiger partial charge is 0.487 e. The highest BCUT2D eigenvalue weighted by Crippen LogP contribution is 2.47. The van der Waals surface area contributed by atoms with Crippen molar-refractivity contribution >= 4 is 39.1 Å². The molecule has 3 fully saturated rings. The number of nitrogens with zero attached hydrogens (tertiary/aromatic N) is 3. The Hall–Kier alpha value is -3.16. The number of methoxy groups -OCH3 is 1. The van der Waals surface area contributed by atoms with E-state index in [1.165, 1.54) is 5.56 Å². The highest BCUT2D eigenvalue weighted by atomic mass is 35.5. The highest BCUT2D eigenvalue weighted by molar-refractivity contribution is 7.90. The number of amides is 2. The molecule has 0 radical (unpaired) electrons. The molecule has 13 heteroatoms. The van der Waals surface area contributed by atoms with E-state index >= 15 is 0 Å². The van der Waals surface area contributed by atoms with Crippen molar-refractivity contribution in [3.05, 3.63) is 70.3 Å². The van der Waals surface area contributed by atoms with Crippen molar-refractivity contribution in [2.24, 2.45) is 17.8 Å². The molecule has 5 aliphatic rings. The van der Waals surface area contributed by atoms with Crippen molar-refractivity contribution in [2.45, 2.75) is 88.9 Å². The summed E-state index contributed by atoms with van der Waals surface area (Å²) in [6.45, 7) is 10.5. The quantitative estimate of drug-likeness (QED) is 0.406. The highest BCUT2D eigenvalue weighted by Gasteiger charge is 2.49. The monoisotopic (exact) mass is 782 g/mol. The zero-order valence-electron chi connectivity index (χ0n) is 32.0. The minimum absolute atomic E-state index is 0.00370. The molecule has 4 heterocycles. The average Bonchev–Trinajstić information content (AvgIpc) is 3.17. The number of rotatable bonds is 3. The summed E-state index contributed by atoms with van der Waals surface area (Å²) in [6, 6.07) is 11.2. The van der Waals surface area contributed by atoms with E-state index in [4.69, 9.17) is 25.8 Å². The van der Waals surface area contributed by atoms with E-state index in [1.54, 1.807) is 32.2 Å². The number of anilines is 1. The fourth-order valence-electron chi connectivity index (χ4n) is 9.04. The van der Waals surface area contributed by atoms with Gasteiger partial charge in [0.25, 0.3) is 11.8 Å². The second kappa shape index (κ2) is 16.1. The van der Waals surface area contributed by atoms with Gasteiger partial charge in [-0.15, -0.1) is 0 Å². The van der Waals surface area contributed by atoms with Crippen LogP contribution in [0.1, 0.15) is 74.4 Å². The standard InChI is InChI=1S/C41H55ClN4O7S/c1-27-8-7-16-41(51-4,26-44-18-19-46-35(23-44)25-52-28(2)40(46)48)36-14-11-32(36)22-45-17-6-5-9-30-20-34(42)13-10-33(30)24-53-38-15-12-31(21-37(38)45)39(47)43-54(49,50)29(27)3/h7,10,12-13,15-16,20-21,27-29,32,35-36H,5-6,8-9,11,14,17-19,22-26H2,1-4H3,(H,43,47)/b16-7+/t27-,28-,29+,32-,35-,36+,41-/m0/s1. The van der Waals surface area contributed by atoms with Crippen LogP contribution in [0.4, 0.5) is 5.69 Å². The van der Waals surface area contributed by atoms with Crippen LogP contribution in [0, 0.1) is 17.8 Å². The first-order valence-corrected chi connectivity index (χ1v) is 21.5. The number of piperazine rings is 1. The molecular formula is C41H55ClN4O7S. The van der Waals surface area contributed by atoms with Crippen molar-refractivity contribution in [2.75, 3.05) is 57.9 Å². The molecule has 2 amide bonds. The molecule has 1 aliphatic carbocycles. The molecule has 7 rings (SSSR count). The van der Waals surface area contributed by atoms with Gasteiger partial charge in [0.05, 0.1) is 23.6 Å². The molecule has 2 aromatic carbocycles. The predicted molar refractivity (Wildman–Crippen MR) is 209 cm³/mol. The molecular weight excluding hydrogens is 728 g/mol. The first kappa shape index (κ1) is 39.1. The summed E-state index contributed by atoms with van der Waals surface area (Å²) in [5.74, 6) is 0.258.